The van der Waals surface area contributed by atoms with Crippen LogP contribution in [0.2, 0.25) is 0 Å². The van der Waals surface area contributed by atoms with E-state index in [9.17, 15) is 14.0 Å². The largest absolute Gasteiger partial charge is 0.462 e. The molecule has 0 spiro atoms. The van der Waals surface area contributed by atoms with Crippen LogP contribution in [0.4, 0.5) is 10.1 Å². The van der Waals surface area contributed by atoms with Gasteiger partial charge in [0.2, 0.25) is 5.43 Å². The van der Waals surface area contributed by atoms with Gasteiger partial charge in [-0.1, -0.05) is 0 Å². The molecule has 0 atom stereocenters. The standard InChI is InChI=1S/C16H17FN2O3/c1-3-22-16(21)11-7-19(9-4-5-9)14-8(2)13(17)12(18)6-10(14)15(11)20/h6-7,9H,3-5,18H2,1-2H3. The molecule has 2 N–H and O–H groups in total. The van der Waals surface area contributed by atoms with Gasteiger partial charge >= 0.3 is 5.97 Å². The fourth-order valence-corrected chi connectivity index (χ4v) is 2.72. The highest BCUT2D eigenvalue weighted by Crippen LogP contribution is 2.38. The minimum absolute atomic E-state index is 0.0355. The highest BCUT2D eigenvalue weighted by Gasteiger charge is 2.28. The second kappa shape index (κ2) is 5.12. The van der Waals surface area contributed by atoms with Gasteiger partial charge in [0.1, 0.15) is 5.56 Å². The number of carbonyl (C=O) groups excluding carboxylic acids is 1. The summed E-state index contributed by atoms with van der Waals surface area (Å²) in [7, 11) is 0. The number of aromatic nitrogens is 1. The van der Waals surface area contributed by atoms with Crippen molar-refractivity contribution in [3.8, 4) is 0 Å². The maximum Gasteiger partial charge on any atom is 0.343 e. The van der Waals surface area contributed by atoms with Crippen LogP contribution in [0.3, 0.4) is 0 Å². The highest BCUT2D eigenvalue weighted by molar-refractivity contribution is 5.95. The number of halogens is 1. The maximum atomic E-state index is 14.1. The summed E-state index contributed by atoms with van der Waals surface area (Å²) in [5.41, 5.74) is 5.88. The number of hydrogen-bond acceptors (Lipinski definition) is 4. The summed E-state index contributed by atoms with van der Waals surface area (Å²) in [5, 5.41) is 0.258. The topological polar surface area (TPSA) is 74.3 Å². The second-order valence-electron chi connectivity index (χ2n) is 5.53. The predicted molar refractivity (Wildman–Crippen MR) is 81.5 cm³/mol. The van der Waals surface area contributed by atoms with Crippen molar-refractivity contribution in [2.24, 2.45) is 0 Å². The van der Waals surface area contributed by atoms with Crippen molar-refractivity contribution in [2.75, 3.05) is 12.3 Å². The lowest BCUT2D eigenvalue weighted by molar-refractivity contribution is 0.0524. The number of rotatable bonds is 3. The molecule has 3 rings (SSSR count). The summed E-state index contributed by atoms with van der Waals surface area (Å²) < 4.78 is 20.8. The highest BCUT2D eigenvalue weighted by atomic mass is 19.1. The van der Waals surface area contributed by atoms with Crippen LogP contribution in [-0.4, -0.2) is 17.1 Å². The molecule has 0 radical (unpaired) electrons. The minimum Gasteiger partial charge on any atom is -0.462 e. The van der Waals surface area contributed by atoms with E-state index in [1.54, 1.807) is 18.4 Å². The lowest BCUT2D eigenvalue weighted by atomic mass is 10.1. The number of benzene rings is 1. The number of anilines is 1. The van der Waals surface area contributed by atoms with Crippen molar-refractivity contribution in [1.82, 2.24) is 4.57 Å². The number of nitrogens with zero attached hydrogens (tertiary/aromatic N) is 1. The molecule has 1 saturated carbocycles. The third kappa shape index (κ3) is 2.15. The van der Waals surface area contributed by atoms with Gasteiger partial charge < -0.3 is 15.0 Å². The normalized spacial score (nSPS) is 14.3. The van der Waals surface area contributed by atoms with E-state index in [2.05, 4.69) is 0 Å². The van der Waals surface area contributed by atoms with E-state index >= 15 is 0 Å². The van der Waals surface area contributed by atoms with Crippen molar-refractivity contribution in [3.05, 3.63) is 39.4 Å². The van der Waals surface area contributed by atoms with E-state index in [4.69, 9.17) is 10.5 Å². The molecule has 0 aliphatic heterocycles. The van der Waals surface area contributed by atoms with Crippen molar-refractivity contribution in [2.45, 2.75) is 32.7 Å². The number of hydrogen-bond donors (Lipinski definition) is 1. The van der Waals surface area contributed by atoms with Crippen LogP contribution in [0, 0.1) is 12.7 Å². The smallest absolute Gasteiger partial charge is 0.343 e. The first-order chi connectivity index (χ1) is 10.5. The van der Waals surface area contributed by atoms with Gasteiger partial charge in [0.15, 0.2) is 5.82 Å². The molecule has 116 valence electrons. The van der Waals surface area contributed by atoms with Gasteiger partial charge in [0.05, 0.1) is 17.8 Å². The molecule has 0 amide bonds. The number of aryl methyl sites for hydroxylation is 1. The van der Waals surface area contributed by atoms with Crippen molar-refractivity contribution < 1.29 is 13.9 Å². The molecule has 0 unspecified atom stereocenters. The van der Waals surface area contributed by atoms with Crippen LogP contribution in [-0.2, 0) is 4.74 Å². The molecule has 1 aliphatic carbocycles. The van der Waals surface area contributed by atoms with Crippen molar-refractivity contribution in [1.29, 1.82) is 0 Å². The average Bonchev–Trinajstić information content (AvgIpc) is 3.30. The van der Waals surface area contributed by atoms with Gasteiger partial charge in [-0.2, -0.15) is 0 Å². The van der Waals surface area contributed by atoms with Crippen molar-refractivity contribution in [3.63, 3.8) is 0 Å². The van der Waals surface area contributed by atoms with Crippen LogP contribution in [0.5, 0.6) is 0 Å². The quantitative estimate of drug-likeness (QED) is 0.698. The molecule has 0 bridgehead atoms. The van der Waals surface area contributed by atoms with Crippen LogP contribution in [0.15, 0.2) is 17.1 Å². The first-order valence-electron chi connectivity index (χ1n) is 7.26. The number of nitrogen functional groups attached to an aromatic ring is 1. The lowest BCUT2D eigenvalue weighted by Gasteiger charge is -2.15. The number of carbonyl (C=O) groups is 1. The molecule has 1 aromatic carbocycles. The first kappa shape index (κ1) is 14.6. The van der Waals surface area contributed by atoms with Gasteiger partial charge in [-0.25, -0.2) is 9.18 Å². The van der Waals surface area contributed by atoms with Gasteiger partial charge in [-0.15, -0.1) is 0 Å². The third-order valence-corrected chi connectivity index (χ3v) is 3.94. The zero-order chi connectivity index (χ0) is 16.0. The molecular formula is C16H17FN2O3. The molecule has 0 saturated heterocycles. The summed E-state index contributed by atoms with van der Waals surface area (Å²) >= 11 is 0. The Labute approximate surface area is 126 Å². The fourth-order valence-electron chi connectivity index (χ4n) is 2.72. The first-order valence-corrected chi connectivity index (χ1v) is 7.26. The molecule has 1 fully saturated rings. The molecule has 5 nitrogen and oxygen atoms in total. The Kier molecular flexibility index (Phi) is 3.39. The summed E-state index contributed by atoms with van der Waals surface area (Å²) in [5.74, 6) is -1.19. The van der Waals surface area contributed by atoms with E-state index in [0.717, 1.165) is 12.8 Å². The van der Waals surface area contributed by atoms with Crippen LogP contribution < -0.4 is 11.2 Å². The zero-order valence-corrected chi connectivity index (χ0v) is 12.5. The van der Waals surface area contributed by atoms with Gasteiger partial charge in [-0.3, -0.25) is 4.79 Å². The monoisotopic (exact) mass is 304 g/mol. The zero-order valence-electron chi connectivity index (χ0n) is 12.5. The van der Waals surface area contributed by atoms with E-state index in [1.165, 1.54) is 12.3 Å². The minimum atomic E-state index is -0.663. The Bertz CT molecular complexity index is 838. The van der Waals surface area contributed by atoms with E-state index in [1.807, 2.05) is 0 Å². The molecule has 1 aromatic heterocycles. The number of ether oxygens (including phenoxy) is 1. The van der Waals surface area contributed by atoms with Crippen molar-refractivity contribution >= 4 is 22.6 Å². The molecule has 1 aliphatic rings. The van der Waals surface area contributed by atoms with Gasteiger partial charge in [0, 0.05) is 23.2 Å². The summed E-state index contributed by atoms with van der Waals surface area (Å²) in [6.45, 7) is 3.45. The van der Waals surface area contributed by atoms with E-state index < -0.39 is 17.2 Å². The Morgan fingerprint density at radius 3 is 2.77 bits per heavy atom. The Morgan fingerprint density at radius 1 is 1.50 bits per heavy atom. The lowest BCUT2D eigenvalue weighted by Crippen LogP contribution is -2.21. The average molecular weight is 304 g/mol. The third-order valence-electron chi connectivity index (χ3n) is 3.94. The molecule has 22 heavy (non-hydrogen) atoms. The summed E-state index contributed by atoms with van der Waals surface area (Å²) in [6, 6.07) is 1.49. The predicted octanol–water partition coefficient (Wildman–Crippen LogP) is 2.54. The number of nitrogens with two attached hydrogens (primary N) is 1. The second-order valence-corrected chi connectivity index (χ2v) is 5.53. The fraction of sp³-hybridized carbons (Fsp3) is 0.375. The Balaban J connectivity index is 2.38. The van der Waals surface area contributed by atoms with Crippen LogP contribution >= 0.6 is 0 Å². The van der Waals surface area contributed by atoms with Gasteiger partial charge in [0.25, 0.3) is 0 Å². The SMILES string of the molecule is CCOC(=O)c1cn(C2CC2)c2c(C)c(F)c(N)cc2c1=O. The van der Waals surface area contributed by atoms with E-state index in [-0.39, 0.29) is 29.3 Å². The molecule has 2 aromatic rings. The maximum absolute atomic E-state index is 14.1. The molecule has 1 heterocycles. The van der Waals surface area contributed by atoms with Crippen LogP contribution in [0.1, 0.15) is 41.7 Å². The summed E-state index contributed by atoms with van der Waals surface area (Å²) in [4.78, 5) is 24.6. The molecular weight excluding hydrogens is 287 g/mol. The van der Waals surface area contributed by atoms with E-state index in [0.29, 0.717) is 11.1 Å². The Morgan fingerprint density at radius 2 is 2.18 bits per heavy atom. The summed E-state index contributed by atoms with van der Waals surface area (Å²) in [6.07, 6.45) is 3.36. The number of esters is 1. The number of pyridine rings is 1. The number of fused-ring (bicyclic) bond motifs is 1. The van der Waals surface area contributed by atoms with Crippen LogP contribution in [0.25, 0.3) is 10.9 Å². The Hall–Kier alpha value is -2.37. The van der Waals surface area contributed by atoms with Gasteiger partial charge in [-0.05, 0) is 32.8 Å². The molecule has 6 heteroatoms.